The van der Waals surface area contributed by atoms with Gasteiger partial charge < -0.3 is 0 Å². The molecule has 0 radical (unpaired) electrons. The molecule has 2 rings (SSSR count). The molecule has 5 heteroatoms. The van der Waals surface area contributed by atoms with Crippen molar-refractivity contribution in [2.45, 2.75) is 6.42 Å². The van der Waals surface area contributed by atoms with Crippen LogP contribution in [0.15, 0.2) is 40.9 Å². The van der Waals surface area contributed by atoms with E-state index in [-0.39, 0.29) is 6.42 Å². The summed E-state index contributed by atoms with van der Waals surface area (Å²) in [6, 6.07) is 7.82. The van der Waals surface area contributed by atoms with E-state index in [2.05, 4.69) is 15.9 Å². The van der Waals surface area contributed by atoms with Crippen LogP contribution in [0, 0.1) is 17.5 Å². The van der Waals surface area contributed by atoms with Crippen molar-refractivity contribution in [3.05, 3.63) is 69.4 Å². The van der Waals surface area contributed by atoms with Crippen LogP contribution in [0.4, 0.5) is 13.2 Å². The molecule has 98 valence electrons. The number of hydrogen-bond donors (Lipinski definition) is 0. The molecule has 0 aliphatic rings. The quantitative estimate of drug-likeness (QED) is 0.768. The van der Waals surface area contributed by atoms with Crippen LogP contribution in [0.25, 0.3) is 0 Å². The maximum absolute atomic E-state index is 13.4. The lowest BCUT2D eigenvalue weighted by molar-refractivity contribution is 0.0984. The van der Waals surface area contributed by atoms with Gasteiger partial charge in [0, 0.05) is 23.0 Å². The third-order valence-corrected chi connectivity index (χ3v) is 3.03. The first-order valence-corrected chi connectivity index (χ1v) is 6.19. The molecule has 0 aromatic heterocycles. The Hall–Kier alpha value is -1.62. The van der Waals surface area contributed by atoms with Gasteiger partial charge in [-0.15, -0.1) is 0 Å². The molecule has 0 aliphatic carbocycles. The maximum Gasteiger partial charge on any atom is 0.173 e. The van der Waals surface area contributed by atoms with Gasteiger partial charge in [-0.05, 0) is 17.7 Å². The van der Waals surface area contributed by atoms with Gasteiger partial charge in [0.05, 0.1) is 5.56 Å². The third kappa shape index (κ3) is 3.23. The predicted octanol–water partition coefficient (Wildman–Crippen LogP) is 4.29. The average molecular weight is 329 g/mol. The number of carbonyl (C=O) groups is 1. The van der Waals surface area contributed by atoms with E-state index < -0.39 is 28.8 Å². The molecule has 0 unspecified atom stereocenters. The van der Waals surface area contributed by atoms with Crippen LogP contribution in [0.3, 0.4) is 0 Å². The summed E-state index contributed by atoms with van der Waals surface area (Å²) >= 11 is 3.24. The molecule has 0 N–H and O–H groups in total. The first kappa shape index (κ1) is 13.8. The predicted molar refractivity (Wildman–Crippen MR) is 68.5 cm³/mol. The fraction of sp³-hybridized carbons (Fsp3) is 0.0714. The molecule has 2 aromatic carbocycles. The minimum Gasteiger partial charge on any atom is -0.294 e. The minimum absolute atomic E-state index is 0.154. The highest BCUT2D eigenvalue weighted by molar-refractivity contribution is 9.10. The van der Waals surface area contributed by atoms with E-state index in [1.807, 2.05) is 0 Å². The topological polar surface area (TPSA) is 17.1 Å². The van der Waals surface area contributed by atoms with Gasteiger partial charge in [-0.2, -0.15) is 0 Å². The largest absolute Gasteiger partial charge is 0.294 e. The number of hydrogen-bond acceptors (Lipinski definition) is 1. The van der Waals surface area contributed by atoms with Gasteiger partial charge in [-0.1, -0.05) is 28.1 Å². The van der Waals surface area contributed by atoms with Gasteiger partial charge in [0.25, 0.3) is 0 Å². The van der Waals surface area contributed by atoms with E-state index >= 15 is 0 Å². The van der Waals surface area contributed by atoms with Crippen molar-refractivity contribution in [2.24, 2.45) is 0 Å². The summed E-state index contributed by atoms with van der Waals surface area (Å²) in [5.41, 5.74) is -0.0936. The van der Waals surface area contributed by atoms with Crippen LogP contribution in [0.1, 0.15) is 15.9 Å². The van der Waals surface area contributed by atoms with Gasteiger partial charge in [0.2, 0.25) is 0 Å². The molecule has 0 fully saturated rings. The van der Waals surface area contributed by atoms with E-state index in [0.29, 0.717) is 17.7 Å². The SMILES string of the molecule is O=C(Cc1cccc(Br)c1)c1c(F)cc(F)cc1F. The lowest BCUT2D eigenvalue weighted by atomic mass is 10.0. The summed E-state index contributed by atoms with van der Waals surface area (Å²) in [4.78, 5) is 11.9. The van der Waals surface area contributed by atoms with E-state index in [9.17, 15) is 18.0 Å². The van der Waals surface area contributed by atoms with Crippen LogP contribution in [-0.4, -0.2) is 5.78 Å². The lowest BCUT2D eigenvalue weighted by Gasteiger charge is -2.05. The second kappa shape index (κ2) is 5.57. The second-order valence-electron chi connectivity index (χ2n) is 3.97. The molecule has 0 heterocycles. The van der Waals surface area contributed by atoms with Gasteiger partial charge in [-0.3, -0.25) is 4.79 Å². The molecule has 0 spiro atoms. The fourth-order valence-corrected chi connectivity index (χ4v) is 2.18. The summed E-state index contributed by atoms with van der Waals surface area (Å²) in [6.45, 7) is 0. The second-order valence-corrected chi connectivity index (χ2v) is 4.89. The van der Waals surface area contributed by atoms with Crippen LogP contribution in [0.2, 0.25) is 0 Å². The van der Waals surface area contributed by atoms with Crippen molar-refractivity contribution in [1.82, 2.24) is 0 Å². The van der Waals surface area contributed by atoms with E-state index in [4.69, 9.17) is 0 Å². The number of ketones is 1. The Kier molecular flexibility index (Phi) is 4.04. The Bertz CT molecular complexity index is 617. The third-order valence-electron chi connectivity index (χ3n) is 2.54. The lowest BCUT2D eigenvalue weighted by Crippen LogP contribution is -2.09. The van der Waals surface area contributed by atoms with E-state index in [0.717, 1.165) is 4.47 Å². The molecule has 0 saturated carbocycles. The minimum atomic E-state index is -1.18. The van der Waals surface area contributed by atoms with Crippen molar-refractivity contribution >= 4 is 21.7 Å². The molecule has 0 aliphatic heterocycles. The maximum atomic E-state index is 13.4. The summed E-state index contributed by atoms with van der Waals surface area (Å²) in [5.74, 6) is -4.14. The monoisotopic (exact) mass is 328 g/mol. The van der Waals surface area contributed by atoms with Gasteiger partial charge in [0.1, 0.15) is 17.5 Å². The van der Waals surface area contributed by atoms with E-state index in [1.165, 1.54) is 0 Å². The molecule has 1 nitrogen and oxygen atoms in total. The number of halogens is 4. The van der Waals surface area contributed by atoms with Crippen LogP contribution < -0.4 is 0 Å². The van der Waals surface area contributed by atoms with Crippen molar-refractivity contribution < 1.29 is 18.0 Å². The van der Waals surface area contributed by atoms with Crippen LogP contribution in [-0.2, 0) is 6.42 Å². The normalized spacial score (nSPS) is 10.5. The van der Waals surface area contributed by atoms with Crippen molar-refractivity contribution in [3.8, 4) is 0 Å². The fourth-order valence-electron chi connectivity index (χ4n) is 1.73. The summed E-state index contributed by atoms with van der Waals surface area (Å²) < 4.78 is 40.4. The Morgan fingerprint density at radius 1 is 1.05 bits per heavy atom. The Balaban J connectivity index is 2.31. The number of rotatable bonds is 3. The summed E-state index contributed by atoms with van der Waals surface area (Å²) in [6.07, 6.45) is -0.154. The first-order valence-electron chi connectivity index (χ1n) is 5.39. The highest BCUT2D eigenvalue weighted by Crippen LogP contribution is 2.18. The Morgan fingerprint density at radius 3 is 2.26 bits per heavy atom. The van der Waals surface area contributed by atoms with Gasteiger partial charge in [-0.25, -0.2) is 13.2 Å². The zero-order chi connectivity index (χ0) is 14.0. The number of Topliss-reactive ketones (excluding diaryl/α,β-unsaturated/α-hetero) is 1. The van der Waals surface area contributed by atoms with Crippen LogP contribution in [0.5, 0.6) is 0 Å². The molecule has 0 atom stereocenters. The summed E-state index contributed by atoms with van der Waals surface area (Å²) in [7, 11) is 0. The smallest absolute Gasteiger partial charge is 0.173 e. The average Bonchev–Trinajstić information content (AvgIpc) is 2.27. The summed E-state index contributed by atoms with van der Waals surface area (Å²) in [5, 5.41) is 0. The molecule has 19 heavy (non-hydrogen) atoms. The molecule has 2 aromatic rings. The Labute approximate surface area is 116 Å². The number of benzene rings is 2. The first-order chi connectivity index (χ1) is 8.97. The van der Waals surface area contributed by atoms with Crippen molar-refractivity contribution in [2.75, 3.05) is 0 Å². The van der Waals surface area contributed by atoms with Gasteiger partial charge in [0.15, 0.2) is 5.78 Å². The van der Waals surface area contributed by atoms with E-state index in [1.54, 1.807) is 24.3 Å². The highest BCUT2D eigenvalue weighted by Gasteiger charge is 2.19. The molecular formula is C14H8BrF3O. The van der Waals surface area contributed by atoms with Crippen LogP contribution >= 0.6 is 15.9 Å². The molecule has 0 saturated heterocycles. The van der Waals surface area contributed by atoms with Crippen molar-refractivity contribution in [3.63, 3.8) is 0 Å². The highest BCUT2D eigenvalue weighted by atomic mass is 79.9. The zero-order valence-electron chi connectivity index (χ0n) is 9.59. The standard InChI is InChI=1S/C14H8BrF3O/c15-9-3-1-2-8(4-9)5-13(19)14-11(17)6-10(16)7-12(14)18/h1-4,6-7H,5H2. The zero-order valence-corrected chi connectivity index (χ0v) is 11.2. The van der Waals surface area contributed by atoms with Crippen molar-refractivity contribution in [1.29, 1.82) is 0 Å². The van der Waals surface area contributed by atoms with Gasteiger partial charge >= 0.3 is 0 Å². The molecule has 0 amide bonds. The Morgan fingerprint density at radius 2 is 1.68 bits per heavy atom. The molecule has 0 bridgehead atoms. The molecular weight excluding hydrogens is 321 g/mol. The number of carbonyl (C=O) groups excluding carboxylic acids is 1.